The number of aromatic nitrogens is 1. The number of nitrogens with two attached hydrogens (primary N) is 1. The minimum Gasteiger partial charge on any atom is -0.497 e. The van der Waals surface area contributed by atoms with Gasteiger partial charge in [-0.05, 0) is 34.9 Å². The predicted molar refractivity (Wildman–Crippen MR) is 116 cm³/mol. The van der Waals surface area contributed by atoms with Crippen molar-refractivity contribution in [2.75, 3.05) is 7.11 Å². The Labute approximate surface area is 170 Å². The van der Waals surface area contributed by atoms with Crippen molar-refractivity contribution in [3.63, 3.8) is 0 Å². The Hall–Kier alpha value is -3.53. The van der Waals surface area contributed by atoms with Crippen LogP contribution in [-0.2, 0) is 11.3 Å². The van der Waals surface area contributed by atoms with Gasteiger partial charge in [0.15, 0.2) is 0 Å². The third kappa shape index (κ3) is 4.02. The molecular weight excluding hydrogens is 360 g/mol. The smallest absolute Gasteiger partial charge is 0.218 e. The lowest BCUT2D eigenvalue weighted by atomic mass is 9.88. The van der Waals surface area contributed by atoms with Crippen molar-refractivity contribution in [1.82, 2.24) is 4.57 Å². The number of fused-ring (bicyclic) bond motifs is 1. The number of rotatable bonds is 7. The average Bonchev–Trinajstić information content (AvgIpc) is 3.11. The summed E-state index contributed by atoms with van der Waals surface area (Å²) in [6, 6.07) is 26.6. The van der Waals surface area contributed by atoms with Gasteiger partial charge in [-0.25, -0.2) is 0 Å². The molecule has 0 aliphatic rings. The van der Waals surface area contributed by atoms with Crippen LogP contribution in [0, 0.1) is 0 Å². The summed E-state index contributed by atoms with van der Waals surface area (Å²) in [6.07, 6.45) is 2.42. The van der Waals surface area contributed by atoms with Crippen molar-refractivity contribution in [3.05, 3.63) is 102 Å². The van der Waals surface area contributed by atoms with E-state index in [4.69, 9.17) is 10.5 Å². The van der Waals surface area contributed by atoms with E-state index in [1.807, 2.05) is 42.5 Å². The molecule has 0 aliphatic heterocycles. The molecule has 0 radical (unpaired) electrons. The highest BCUT2D eigenvalue weighted by Crippen LogP contribution is 2.35. The molecule has 1 aromatic heterocycles. The van der Waals surface area contributed by atoms with Crippen LogP contribution in [0.4, 0.5) is 0 Å². The summed E-state index contributed by atoms with van der Waals surface area (Å²) in [6.45, 7) is 0.771. The Morgan fingerprint density at radius 3 is 2.34 bits per heavy atom. The zero-order valence-corrected chi connectivity index (χ0v) is 16.4. The van der Waals surface area contributed by atoms with Gasteiger partial charge >= 0.3 is 0 Å². The molecule has 3 aromatic carbocycles. The highest BCUT2D eigenvalue weighted by molar-refractivity contribution is 5.86. The fraction of sp³-hybridized carbons (Fsp3) is 0.160. The van der Waals surface area contributed by atoms with E-state index >= 15 is 0 Å². The maximum atomic E-state index is 11.9. The summed E-state index contributed by atoms with van der Waals surface area (Å²) in [4.78, 5) is 11.9. The number of para-hydroxylation sites is 1. The van der Waals surface area contributed by atoms with Crippen LogP contribution in [0.15, 0.2) is 85.1 Å². The monoisotopic (exact) mass is 384 g/mol. The molecule has 4 heteroatoms. The van der Waals surface area contributed by atoms with Gasteiger partial charge in [0, 0.05) is 36.0 Å². The number of carbonyl (C=O) groups excluding carboxylic acids is 1. The number of ether oxygens (including phenoxy) is 1. The van der Waals surface area contributed by atoms with Crippen molar-refractivity contribution in [2.24, 2.45) is 5.73 Å². The van der Waals surface area contributed by atoms with Gasteiger partial charge in [-0.3, -0.25) is 4.79 Å². The van der Waals surface area contributed by atoms with Crippen LogP contribution in [0.5, 0.6) is 5.75 Å². The number of primary amides is 1. The Morgan fingerprint density at radius 2 is 1.66 bits per heavy atom. The van der Waals surface area contributed by atoms with Gasteiger partial charge in [0.1, 0.15) is 5.75 Å². The van der Waals surface area contributed by atoms with Gasteiger partial charge in [0.2, 0.25) is 5.91 Å². The molecule has 2 N–H and O–H groups in total. The van der Waals surface area contributed by atoms with Crippen molar-refractivity contribution in [1.29, 1.82) is 0 Å². The molecular formula is C25H24N2O2. The molecule has 0 aliphatic carbocycles. The Balaban J connectivity index is 1.81. The molecule has 29 heavy (non-hydrogen) atoms. The second-order valence-corrected chi connectivity index (χ2v) is 7.21. The quantitative estimate of drug-likeness (QED) is 0.502. The summed E-state index contributed by atoms with van der Waals surface area (Å²) in [7, 11) is 1.65. The standard InChI is InChI=1S/C25H24N2O2/c1-29-20-13-11-19(12-14-20)22(15-25(26)28)23-17-27(16-18-7-3-2-4-8-18)24-10-6-5-9-21(23)24/h2-14,17,22H,15-16H2,1H3,(H2,26,28)/t22-/m0/s1. The molecule has 0 bridgehead atoms. The number of benzene rings is 3. The molecule has 1 amide bonds. The van der Waals surface area contributed by atoms with Crippen LogP contribution in [0.1, 0.15) is 29.0 Å². The number of nitrogens with zero attached hydrogens (tertiary/aromatic N) is 1. The molecule has 0 unspecified atom stereocenters. The fourth-order valence-electron chi connectivity index (χ4n) is 3.91. The lowest BCUT2D eigenvalue weighted by Crippen LogP contribution is -2.16. The van der Waals surface area contributed by atoms with E-state index < -0.39 is 0 Å². The van der Waals surface area contributed by atoms with Gasteiger partial charge in [0.05, 0.1) is 7.11 Å². The van der Waals surface area contributed by atoms with Crippen LogP contribution >= 0.6 is 0 Å². The number of carbonyl (C=O) groups is 1. The van der Waals surface area contributed by atoms with Crippen LogP contribution in [0.25, 0.3) is 10.9 Å². The largest absolute Gasteiger partial charge is 0.497 e. The number of methoxy groups -OCH3 is 1. The fourth-order valence-corrected chi connectivity index (χ4v) is 3.91. The minimum atomic E-state index is -0.314. The van der Waals surface area contributed by atoms with Gasteiger partial charge < -0.3 is 15.0 Å². The summed E-state index contributed by atoms with van der Waals surface area (Å²) in [5.41, 5.74) is 10.2. The molecule has 0 saturated carbocycles. The van der Waals surface area contributed by atoms with Crippen LogP contribution in [-0.4, -0.2) is 17.6 Å². The number of hydrogen-bond acceptors (Lipinski definition) is 2. The SMILES string of the molecule is COc1ccc([C@H](CC(N)=O)c2cn(Cc3ccccc3)c3ccccc23)cc1. The Morgan fingerprint density at radius 1 is 0.966 bits per heavy atom. The molecule has 0 fully saturated rings. The maximum absolute atomic E-state index is 11.9. The first-order chi connectivity index (χ1) is 14.2. The maximum Gasteiger partial charge on any atom is 0.218 e. The van der Waals surface area contributed by atoms with E-state index in [1.165, 1.54) is 5.56 Å². The minimum absolute atomic E-state index is 0.111. The normalized spacial score (nSPS) is 12.0. The highest BCUT2D eigenvalue weighted by atomic mass is 16.5. The molecule has 146 valence electrons. The van der Waals surface area contributed by atoms with Gasteiger partial charge in [-0.1, -0.05) is 60.7 Å². The first-order valence-corrected chi connectivity index (χ1v) is 9.69. The predicted octanol–water partition coefficient (Wildman–Crippen LogP) is 4.71. The molecule has 1 atom stereocenters. The van der Waals surface area contributed by atoms with Gasteiger partial charge in [-0.2, -0.15) is 0 Å². The highest BCUT2D eigenvalue weighted by Gasteiger charge is 2.22. The summed E-state index contributed by atoms with van der Waals surface area (Å²) >= 11 is 0. The van der Waals surface area contributed by atoms with Crippen molar-refractivity contribution < 1.29 is 9.53 Å². The lowest BCUT2D eigenvalue weighted by molar-refractivity contribution is -0.118. The zero-order valence-electron chi connectivity index (χ0n) is 16.4. The first-order valence-electron chi connectivity index (χ1n) is 9.69. The summed E-state index contributed by atoms with van der Waals surface area (Å²) in [5, 5.41) is 1.14. The van der Waals surface area contributed by atoms with E-state index in [9.17, 15) is 4.79 Å². The van der Waals surface area contributed by atoms with E-state index in [0.29, 0.717) is 0 Å². The number of amides is 1. The van der Waals surface area contributed by atoms with Gasteiger partial charge in [0.25, 0.3) is 0 Å². The van der Waals surface area contributed by atoms with Crippen molar-refractivity contribution in [3.8, 4) is 5.75 Å². The summed E-state index contributed by atoms with van der Waals surface area (Å²) in [5.74, 6) is 0.365. The second-order valence-electron chi connectivity index (χ2n) is 7.21. The number of hydrogen-bond donors (Lipinski definition) is 1. The summed E-state index contributed by atoms with van der Waals surface area (Å²) < 4.78 is 7.53. The Kier molecular flexibility index (Phi) is 5.34. The third-order valence-electron chi connectivity index (χ3n) is 5.31. The second kappa shape index (κ2) is 8.23. The van der Waals surface area contributed by atoms with Crippen LogP contribution < -0.4 is 10.5 Å². The van der Waals surface area contributed by atoms with Crippen LogP contribution in [0.2, 0.25) is 0 Å². The molecule has 4 aromatic rings. The third-order valence-corrected chi connectivity index (χ3v) is 5.31. The zero-order chi connectivity index (χ0) is 20.2. The van der Waals surface area contributed by atoms with E-state index in [1.54, 1.807) is 7.11 Å². The molecule has 4 nitrogen and oxygen atoms in total. The first kappa shape index (κ1) is 18.8. The van der Waals surface area contributed by atoms with Crippen LogP contribution in [0.3, 0.4) is 0 Å². The molecule has 4 rings (SSSR count). The van der Waals surface area contributed by atoms with Crippen molar-refractivity contribution in [2.45, 2.75) is 18.9 Å². The van der Waals surface area contributed by atoms with E-state index in [-0.39, 0.29) is 18.2 Å². The topological polar surface area (TPSA) is 57.2 Å². The van der Waals surface area contributed by atoms with E-state index in [2.05, 4.69) is 47.2 Å². The Bertz CT molecular complexity index is 1110. The average molecular weight is 384 g/mol. The molecule has 0 spiro atoms. The molecule has 0 saturated heterocycles. The lowest BCUT2D eigenvalue weighted by Gasteiger charge is -2.16. The van der Waals surface area contributed by atoms with Crippen molar-refractivity contribution >= 4 is 16.8 Å². The van der Waals surface area contributed by atoms with Gasteiger partial charge in [-0.15, -0.1) is 0 Å². The molecule has 1 heterocycles. The van der Waals surface area contributed by atoms with E-state index in [0.717, 1.165) is 34.3 Å².